The van der Waals surface area contributed by atoms with Crippen LogP contribution >= 0.6 is 0 Å². The first-order chi connectivity index (χ1) is 22.8. The fourth-order valence-corrected chi connectivity index (χ4v) is 7.16. The van der Waals surface area contributed by atoms with Crippen LogP contribution in [0, 0.1) is 11.3 Å². The number of fused-ring (bicyclic) bond motifs is 6. The lowest BCUT2D eigenvalue weighted by atomic mass is 9.95. The molecule has 2 aromatic heterocycles. The highest BCUT2D eigenvalue weighted by atomic mass is 15.0. The predicted molar refractivity (Wildman–Crippen MR) is 191 cm³/mol. The zero-order valence-electron chi connectivity index (χ0n) is 24.9. The van der Waals surface area contributed by atoms with Gasteiger partial charge in [-0.3, -0.25) is 0 Å². The lowest BCUT2D eigenvalue weighted by Gasteiger charge is -2.17. The van der Waals surface area contributed by atoms with Crippen LogP contribution in [0.5, 0.6) is 0 Å². The fraction of sp³-hybridized carbons (Fsp3) is 0. The number of benzene rings is 7. The molecule has 0 spiro atoms. The van der Waals surface area contributed by atoms with Gasteiger partial charge < -0.3 is 9.13 Å². The molecule has 0 N–H and O–H groups in total. The number of hydrogen-bond acceptors (Lipinski definition) is 1. The normalized spacial score (nSPS) is 11.5. The Hall–Kier alpha value is -6.37. The van der Waals surface area contributed by atoms with Gasteiger partial charge in [0.25, 0.3) is 0 Å². The number of hydrogen-bond donors (Lipinski definition) is 0. The summed E-state index contributed by atoms with van der Waals surface area (Å²) in [5.41, 5.74) is 11.7. The van der Waals surface area contributed by atoms with Gasteiger partial charge in [-0.15, -0.1) is 0 Å². The van der Waals surface area contributed by atoms with Gasteiger partial charge in [-0.05, 0) is 65.2 Å². The molecule has 214 valence electrons. The van der Waals surface area contributed by atoms with Crippen LogP contribution in [0.1, 0.15) is 5.56 Å². The minimum atomic E-state index is 0.664. The lowest BCUT2D eigenvalue weighted by Crippen LogP contribution is -1.99. The van der Waals surface area contributed by atoms with Crippen molar-refractivity contribution in [2.24, 2.45) is 0 Å². The molecular formula is C43H27N3. The van der Waals surface area contributed by atoms with Crippen molar-refractivity contribution in [3.8, 4) is 39.7 Å². The summed E-state index contributed by atoms with van der Waals surface area (Å²) in [5.74, 6) is 0. The Labute approximate surface area is 266 Å². The molecule has 0 bridgehead atoms. The Morgan fingerprint density at radius 3 is 1.48 bits per heavy atom. The molecule has 0 aliphatic rings. The van der Waals surface area contributed by atoms with E-state index in [0.717, 1.165) is 44.7 Å². The van der Waals surface area contributed by atoms with Gasteiger partial charge in [-0.1, -0.05) is 115 Å². The molecule has 0 radical (unpaired) electrons. The van der Waals surface area contributed by atoms with E-state index in [-0.39, 0.29) is 0 Å². The molecule has 0 atom stereocenters. The SMILES string of the molecule is N#Cc1ccccc1-c1ccc(-c2cccc(-n3c4ccccc4c4ccccc43)c2)c(-n2c3ccccc3c3ccccc32)c1. The summed E-state index contributed by atoms with van der Waals surface area (Å²) in [5, 5.41) is 14.9. The third-order valence-corrected chi connectivity index (χ3v) is 9.17. The first-order valence-electron chi connectivity index (χ1n) is 15.5. The van der Waals surface area contributed by atoms with E-state index in [1.807, 2.05) is 24.3 Å². The third kappa shape index (κ3) is 3.91. The van der Waals surface area contributed by atoms with Crippen LogP contribution in [0.3, 0.4) is 0 Å². The molecule has 0 saturated carbocycles. The van der Waals surface area contributed by atoms with E-state index in [1.165, 1.54) is 32.6 Å². The first kappa shape index (κ1) is 26.1. The molecule has 0 fully saturated rings. The van der Waals surface area contributed by atoms with Gasteiger partial charge in [0.15, 0.2) is 0 Å². The van der Waals surface area contributed by atoms with Crippen molar-refractivity contribution in [1.29, 1.82) is 5.26 Å². The van der Waals surface area contributed by atoms with Crippen molar-refractivity contribution < 1.29 is 0 Å². The largest absolute Gasteiger partial charge is 0.309 e. The monoisotopic (exact) mass is 585 g/mol. The number of nitriles is 1. The topological polar surface area (TPSA) is 33.6 Å². The highest BCUT2D eigenvalue weighted by molar-refractivity contribution is 6.10. The van der Waals surface area contributed by atoms with Crippen LogP contribution in [-0.4, -0.2) is 9.13 Å². The maximum Gasteiger partial charge on any atom is 0.0998 e. The Balaban J connectivity index is 1.34. The zero-order valence-corrected chi connectivity index (χ0v) is 24.9. The van der Waals surface area contributed by atoms with Gasteiger partial charge in [0.05, 0.1) is 39.4 Å². The summed E-state index contributed by atoms with van der Waals surface area (Å²) >= 11 is 0. The molecule has 46 heavy (non-hydrogen) atoms. The van der Waals surface area contributed by atoms with Crippen LogP contribution < -0.4 is 0 Å². The quantitative estimate of drug-likeness (QED) is 0.202. The Morgan fingerprint density at radius 1 is 0.391 bits per heavy atom. The molecule has 0 aliphatic carbocycles. The lowest BCUT2D eigenvalue weighted by molar-refractivity contribution is 1.17. The van der Waals surface area contributed by atoms with Gasteiger partial charge in [-0.25, -0.2) is 0 Å². The summed E-state index contributed by atoms with van der Waals surface area (Å²) in [6.45, 7) is 0. The number of nitrogens with zero attached hydrogens (tertiary/aromatic N) is 3. The van der Waals surface area contributed by atoms with Gasteiger partial charge in [0, 0.05) is 32.8 Å². The van der Waals surface area contributed by atoms with Crippen molar-refractivity contribution in [3.05, 3.63) is 169 Å². The molecule has 7 aromatic carbocycles. The van der Waals surface area contributed by atoms with E-state index >= 15 is 0 Å². The highest BCUT2D eigenvalue weighted by Crippen LogP contribution is 2.40. The van der Waals surface area contributed by atoms with E-state index in [0.29, 0.717) is 5.56 Å². The number of aromatic nitrogens is 2. The second-order valence-electron chi connectivity index (χ2n) is 11.7. The minimum Gasteiger partial charge on any atom is -0.309 e. The van der Waals surface area contributed by atoms with Gasteiger partial charge in [0.1, 0.15) is 0 Å². The van der Waals surface area contributed by atoms with Crippen LogP contribution in [0.15, 0.2) is 164 Å². The fourth-order valence-electron chi connectivity index (χ4n) is 7.16. The van der Waals surface area contributed by atoms with Gasteiger partial charge in [0.2, 0.25) is 0 Å². The molecule has 0 unspecified atom stereocenters. The maximum absolute atomic E-state index is 9.96. The van der Waals surface area contributed by atoms with Crippen LogP contribution in [0.4, 0.5) is 0 Å². The Bertz CT molecular complexity index is 2560. The maximum atomic E-state index is 9.96. The molecule has 0 saturated heterocycles. The van der Waals surface area contributed by atoms with E-state index in [1.54, 1.807) is 0 Å². The molecule has 9 rings (SSSR count). The summed E-state index contributed by atoms with van der Waals surface area (Å²) in [6, 6.07) is 60.2. The van der Waals surface area contributed by atoms with Crippen LogP contribution in [0.25, 0.3) is 77.2 Å². The number of rotatable bonds is 4. The Kier molecular flexibility index (Phi) is 5.88. The highest BCUT2D eigenvalue weighted by Gasteiger charge is 2.18. The average Bonchev–Trinajstić information content (AvgIpc) is 3.64. The summed E-state index contributed by atoms with van der Waals surface area (Å²) < 4.78 is 4.75. The van der Waals surface area contributed by atoms with Gasteiger partial charge >= 0.3 is 0 Å². The molecule has 0 amide bonds. The molecular weight excluding hydrogens is 558 g/mol. The van der Waals surface area contributed by atoms with E-state index in [4.69, 9.17) is 0 Å². The van der Waals surface area contributed by atoms with Crippen LogP contribution in [-0.2, 0) is 0 Å². The molecule has 9 aromatic rings. The average molecular weight is 586 g/mol. The van der Waals surface area contributed by atoms with E-state index < -0.39 is 0 Å². The smallest absolute Gasteiger partial charge is 0.0998 e. The zero-order chi connectivity index (χ0) is 30.6. The molecule has 3 heteroatoms. The minimum absolute atomic E-state index is 0.664. The molecule has 3 nitrogen and oxygen atoms in total. The summed E-state index contributed by atoms with van der Waals surface area (Å²) in [6.07, 6.45) is 0. The van der Waals surface area contributed by atoms with Crippen molar-refractivity contribution in [1.82, 2.24) is 9.13 Å². The third-order valence-electron chi connectivity index (χ3n) is 9.17. The standard InChI is InChI=1S/C43H27N3/c44-28-31-12-1-2-15-33(31)30-24-25-34(43(27-30)46-41-22-9-5-18-37(41)38-19-6-10-23-42(38)46)29-13-11-14-32(26-29)45-39-20-7-3-16-35(39)36-17-4-8-21-40(36)45/h1-27H. The van der Waals surface area contributed by atoms with E-state index in [2.05, 4.69) is 155 Å². The molecule has 2 heterocycles. The first-order valence-corrected chi connectivity index (χ1v) is 15.5. The van der Waals surface area contributed by atoms with Crippen molar-refractivity contribution in [2.45, 2.75) is 0 Å². The molecule has 0 aliphatic heterocycles. The van der Waals surface area contributed by atoms with Crippen molar-refractivity contribution in [3.63, 3.8) is 0 Å². The predicted octanol–water partition coefficient (Wildman–Crippen LogP) is 11.1. The van der Waals surface area contributed by atoms with Crippen LogP contribution in [0.2, 0.25) is 0 Å². The van der Waals surface area contributed by atoms with Gasteiger partial charge in [-0.2, -0.15) is 5.26 Å². The second-order valence-corrected chi connectivity index (χ2v) is 11.7. The van der Waals surface area contributed by atoms with Crippen molar-refractivity contribution >= 4 is 43.6 Å². The summed E-state index contributed by atoms with van der Waals surface area (Å²) in [7, 11) is 0. The number of para-hydroxylation sites is 4. The van der Waals surface area contributed by atoms with E-state index in [9.17, 15) is 5.26 Å². The van der Waals surface area contributed by atoms with Crippen molar-refractivity contribution in [2.75, 3.05) is 0 Å². The second kappa shape index (κ2) is 10.4. The Morgan fingerprint density at radius 2 is 0.891 bits per heavy atom. The summed E-state index contributed by atoms with van der Waals surface area (Å²) in [4.78, 5) is 0.